The number of carbonyl (C=O) groups excluding carboxylic acids is 1. The minimum absolute atomic E-state index is 0.0395. The Balaban J connectivity index is 1.23. The lowest BCUT2D eigenvalue weighted by molar-refractivity contribution is 0.00436. The van der Waals surface area contributed by atoms with Crippen LogP contribution in [-0.4, -0.2) is 45.1 Å². The second-order valence-corrected chi connectivity index (χ2v) is 7.31. The normalized spacial score (nSPS) is 20.2. The summed E-state index contributed by atoms with van der Waals surface area (Å²) in [7, 11) is 0. The molecule has 1 saturated heterocycles. The molecular formula is C19H23N5O. The minimum Gasteiger partial charge on any atom is -0.349 e. The van der Waals surface area contributed by atoms with E-state index in [0.29, 0.717) is 17.0 Å². The van der Waals surface area contributed by atoms with E-state index in [1.807, 2.05) is 18.3 Å². The SMILES string of the molecule is O=C(NC1CC2(CCN(Cc3ccccn3)CC2)C1)c1ccnnc1. The zero-order valence-electron chi connectivity index (χ0n) is 14.3. The first kappa shape index (κ1) is 16.1. The molecule has 0 radical (unpaired) electrons. The monoisotopic (exact) mass is 337 g/mol. The highest BCUT2D eigenvalue weighted by Crippen LogP contribution is 2.49. The van der Waals surface area contributed by atoms with Gasteiger partial charge in [0.05, 0.1) is 23.7 Å². The van der Waals surface area contributed by atoms with Gasteiger partial charge in [-0.25, -0.2) is 0 Å². The number of nitrogens with one attached hydrogen (secondary N) is 1. The van der Waals surface area contributed by atoms with E-state index < -0.39 is 0 Å². The fourth-order valence-electron chi connectivity index (χ4n) is 4.10. The predicted octanol–water partition coefficient (Wildman–Crippen LogP) is 2.05. The summed E-state index contributed by atoms with van der Waals surface area (Å²) < 4.78 is 0. The van der Waals surface area contributed by atoms with Gasteiger partial charge in [0.1, 0.15) is 0 Å². The van der Waals surface area contributed by atoms with Crippen LogP contribution in [-0.2, 0) is 6.54 Å². The number of amides is 1. The van der Waals surface area contributed by atoms with E-state index in [1.54, 1.807) is 12.3 Å². The number of hydrogen-bond donors (Lipinski definition) is 1. The molecule has 1 spiro atoms. The Morgan fingerprint density at radius 2 is 2.00 bits per heavy atom. The lowest BCUT2D eigenvalue weighted by Crippen LogP contribution is -2.54. The van der Waals surface area contributed by atoms with Crippen molar-refractivity contribution in [3.05, 3.63) is 54.1 Å². The first-order valence-corrected chi connectivity index (χ1v) is 8.92. The van der Waals surface area contributed by atoms with Crippen LogP contribution < -0.4 is 5.32 Å². The quantitative estimate of drug-likeness (QED) is 0.924. The van der Waals surface area contributed by atoms with Gasteiger partial charge in [-0.2, -0.15) is 10.2 Å². The summed E-state index contributed by atoms with van der Waals surface area (Å²) in [5.41, 5.74) is 2.15. The number of likely N-dealkylation sites (tertiary alicyclic amines) is 1. The average Bonchev–Trinajstić information content (AvgIpc) is 2.63. The van der Waals surface area contributed by atoms with Gasteiger partial charge in [0, 0.05) is 18.8 Å². The summed E-state index contributed by atoms with van der Waals surface area (Å²) in [6.45, 7) is 3.17. The second kappa shape index (κ2) is 6.88. The number of hydrogen-bond acceptors (Lipinski definition) is 5. The van der Waals surface area contributed by atoms with Gasteiger partial charge in [0.15, 0.2) is 0 Å². The number of pyridine rings is 1. The Kier molecular flexibility index (Phi) is 4.44. The van der Waals surface area contributed by atoms with Gasteiger partial charge in [-0.15, -0.1) is 0 Å². The van der Waals surface area contributed by atoms with Crippen molar-refractivity contribution >= 4 is 5.91 Å². The lowest BCUT2D eigenvalue weighted by Gasteiger charge is -2.52. The number of nitrogens with zero attached hydrogens (tertiary/aromatic N) is 4. The Morgan fingerprint density at radius 1 is 1.16 bits per heavy atom. The molecule has 0 aromatic carbocycles. The van der Waals surface area contributed by atoms with Gasteiger partial charge in [0.25, 0.3) is 5.91 Å². The number of aromatic nitrogens is 3. The molecule has 1 aliphatic heterocycles. The molecule has 2 aromatic rings. The summed E-state index contributed by atoms with van der Waals surface area (Å²) >= 11 is 0. The van der Waals surface area contributed by atoms with Crippen molar-refractivity contribution in [1.82, 2.24) is 25.4 Å². The molecule has 4 rings (SSSR count). The van der Waals surface area contributed by atoms with Crippen LogP contribution in [0.3, 0.4) is 0 Å². The van der Waals surface area contributed by atoms with Crippen molar-refractivity contribution in [2.45, 2.75) is 38.3 Å². The molecule has 2 fully saturated rings. The first-order chi connectivity index (χ1) is 12.2. The second-order valence-electron chi connectivity index (χ2n) is 7.31. The Morgan fingerprint density at radius 3 is 2.68 bits per heavy atom. The Bertz CT molecular complexity index is 705. The number of carbonyl (C=O) groups is 1. The third-order valence-corrected chi connectivity index (χ3v) is 5.57. The van der Waals surface area contributed by atoms with Crippen LogP contribution in [0.1, 0.15) is 41.7 Å². The fourth-order valence-corrected chi connectivity index (χ4v) is 4.10. The van der Waals surface area contributed by atoms with E-state index in [2.05, 4.69) is 31.5 Å². The maximum absolute atomic E-state index is 12.2. The van der Waals surface area contributed by atoms with Crippen LogP contribution in [0.15, 0.2) is 42.9 Å². The van der Waals surface area contributed by atoms with Crippen molar-refractivity contribution in [2.24, 2.45) is 5.41 Å². The molecule has 1 aliphatic carbocycles. The molecule has 1 N–H and O–H groups in total. The maximum Gasteiger partial charge on any atom is 0.253 e. The van der Waals surface area contributed by atoms with Gasteiger partial charge in [-0.05, 0) is 62.4 Å². The van der Waals surface area contributed by atoms with E-state index in [-0.39, 0.29) is 5.91 Å². The molecule has 2 aliphatic rings. The molecule has 2 aromatic heterocycles. The van der Waals surface area contributed by atoms with Crippen LogP contribution in [0.5, 0.6) is 0 Å². The van der Waals surface area contributed by atoms with Gasteiger partial charge in [0.2, 0.25) is 0 Å². The molecule has 1 amide bonds. The lowest BCUT2D eigenvalue weighted by atomic mass is 9.60. The molecule has 6 nitrogen and oxygen atoms in total. The van der Waals surface area contributed by atoms with Crippen LogP contribution >= 0.6 is 0 Å². The summed E-state index contributed by atoms with van der Waals surface area (Å²) in [6, 6.07) is 8.09. The minimum atomic E-state index is -0.0395. The predicted molar refractivity (Wildman–Crippen MR) is 93.7 cm³/mol. The summed E-state index contributed by atoms with van der Waals surface area (Å²) in [5.74, 6) is -0.0395. The van der Waals surface area contributed by atoms with Crippen LogP contribution in [0, 0.1) is 5.41 Å². The molecule has 0 bridgehead atoms. The highest BCUT2D eigenvalue weighted by Gasteiger charge is 2.46. The summed E-state index contributed by atoms with van der Waals surface area (Å²) in [5, 5.41) is 10.6. The Labute approximate surface area is 147 Å². The van der Waals surface area contributed by atoms with Gasteiger partial charge in [-0.3, -0.25) is 14.7 Å². The number of rotatable bonds is 4. The van der Waals surface area contributed by atoms with Crippen LogP contribution in [0.4, 0.5) is 0 Å². The summed E-state index contributed by atoms with van der Waals surface area (Å²) in [6.07, 6.45) is 9.53. The van der Waals surface area contributed by atoms with Crippen molar-refractivity contribution in [3.63, 3.8) is 0 Å². The molecule has 0 atom stereocenters. The highest BCUT2D eigenvalue weighted by molar-refractivity contribution is 5.94. The van der Waals surface area contributed by atoms with E-state index in [1.165, 1.54) is 19.0 Å². The van der Waals surface area contributed by atoms with Crippen LogP contribution in [0.25, 0.3) is 0 Å². The Hall–Kier alpha value is -2.34. The molecule has 25 heavy (non-hydrogen) atoms. The fraction of sp³-hybridized carbons (Fsp3) is 0.474. The van der Waals surface area contributed by atoms with Crippen molar-refractivity contribution < 1.29 is 4.79 Å². The third kappa shape index (κ3) is 3.69. The topological polar surface area (TPSA) is 71.0 Å². The van der Waals surface area contributed by atoms with E-state index in [9.17, 15) is 4.79 Å². The standard InChI is InChI=1S/C19H23N5O/c25-18(15-4-8-21-22-13-15)23-17-11-19(12-17)5-9-24(10-6-19)14-16-3-1-2-7-20-16/h1-4,7-8,13,17H,5-6,9-12,14H2,(H,23,25). The zero-order valence-corrected chi connectivity index (χ0v) is 14.3. The summed E-state index contributed by atoms with van der Waals surface area (Å²) in [4.78, 5) is 19.1. The third-order valence-electron chi connectivity index (χ3n) is 5.57. The van der Waals surface area contributed by atoms with Crippen molar-refractivity contribution in [1.29, 1.82) is 0 Å². The zero-order chi connectivity index (χ0) is 17.1. The van der Waals surface area contributed by atoms with E-state index in [0.717, 1.165) is 38.2 Å². The number of piperidine rings is 1. The largest absolute Gasteiger partial charge is 0.349 e. The molecule has 0 unspecified atom stereocenters. The highest BCUT2D eigenvalue weighted by atomic mass is 16.1. The van der Waals surface area contributed by atoms with Gasteiger partial charge in [-0.1, -0.05) is 6.07 Å². The average molecular weight is 337 g/mol. The van der Waals surface area contributed by atoms with E-state index in [4.69, 9.17) is 0 Å². The molecule has 6 heteroatoms. The smallest absolute Gasteiger partial charge is 0.253 e. The van der Waals surface area contributed by atoms with Gasteiger partial charge < -0.3 is 5.32 Å². The van der Waals surface area contributed by atoms with Crippen LogP contribution in [0.2, 0.25) is 0 Å². The van der Waals surface area contributed by atoms with E-state index >= 15 is 0 Å². The van der Waals surface area contributed by atoms with Crippen molar-refractivity contribution in [3.8, 4) is 0 Å². The molecule has 1 saturated carbocycles. The van der Waals surface area contributed by atoms with Crippen molar-refractivity contribution in [2.75, 3.05) is 13.1 Å². The first-order valence-electron chi connectivity index (χ1n) is 8.92. The molecular weight excluding hydrogens is 314 g/mol. The molecule has 3 heterocycles. The molecule has 130 valence electrons. The van der Waals surface area contributed by atoms with Gasteiger partial charge >= 0.3 is 0 Å². The maximum atomic E-state index is 12.2.